The number of nitrogens with one attached hydrogen (secondary N) is 1. The number of hydrogen-bond acceptors (Lipinski definition) is 4. The first-order valence-corrected chi connectivity index (χ1v) is 8.24. The Morgan fingerprint density at radius 3 is 2.20 bits per heavy atom. The van der Waals surface area contributed by atoms with E-state index in [1.807, 2.05) is 42.5 Å². The van der Waals surface area contributed by atoms with Crippen LogP contribution >= 0.6 is 0 Å². The van der Waals surface area contributed by atoms with Crippen LogP contribution in [-0.2, 0) is 14.3 Å². The SMILES string of the molecule is CC(C)c1ccc(NC(=O)COC(=O)[C@@H](C)Oc2ccccc2)cc1. The monoisotopic (exact) mass is 341 g/mol. The van der Waals surface area contributed by atoms with Crippen molar-refractivity contribution in [1.29, 1.82) is 0 Å². The maximum Gasteiger partial charge on any atom is 0.347 e. The molecular weight excluding hydrogens is 318 g/mol. The summed E-state index contributed by atoms with van der Waals surface area (Å²) >= 11 is 0. The molecule has 0 saturated heterocycles. The lowest BCUT2D eigenvalue weighted by molar-refractivity contribution is -0.153. The summed E-state index contributed by atoms with van der Waals surface area (Å²) in [6, 6.07) is 16.6. The van der Waals surface area contributed by atoms with Gasteiger partial charge in [0.15, 0.2) is 12.7 Å². The van der Waals surface area contributed by atoms with Gasteiger partial charge in [-0.05, 0) is 42.7 Å². The number of para-hydroxylation sites is 1. The zero-order valence-corrected chi connectivity index (χ0v) is 14.7. The molecule has 0 aliphatic heterocycles. The molecule has 2 aromatic rings. The Morgan fingerprint density at radius 1 is 0.960 bits per heavy atom. The van der Waals surface area contributed by atoms with Crippen LogP contribution in [0, 0.1) is 0 Å². The van der Waals surface area contributed by atoms with Crippen molar-refractivity contribution in [2.24, 2.45) is 0 Å². The second-order valence-corrected chi connectivity index (χ2v) is 6.01. The van der Waals surface area contributed by atoms with E-state index in [4.69, 9.17) is 9.47 Å². The highest BCUT2D eigenvalue weighted by Gasteiger charge is 2.17. The van der Waals surface area contributed by atoms with E-state index in [-0.39, 0.29) is 6.61 Å². The smallest absolute Gasteiger partial charge is 0.347 e. The van der Waals surface area contributed by atoms with Crippen LogP contribution in [0.15, 0.2) is 54.6 Å². The van der Waals surface area contributed by atoms with Gasteiger partial charge in [-0.2, -0.15) is 0 Å². The molecule has 2 rings (SSSR count). The van der Waals surface area contributed by atoms with Crippen molar-refractivity contribution in [3.8, 4) is 5.75 Å². The maximum absolute atomic E-state index is 11.9. The summed E-state index contributed by atoms with van der Waals surface area (Å²) < 4.78 is 10.5. The first kappa shape index (κ1) is 18.5. The van der Waals surface area contributed by atoms with Gasteiger partial charge in [0.25, 0.3) is 5.91 Å². The highest BCUT2D eigenvalue weighted by Crippen LogP contribution is 2.17. The Balaban J connectivity index is 1.77. The van der Waals surface area contributed by atoms with Crippen molar-refractivity contribution < 1.29 is 19.1 Å². The largest absolute Gasteiger partial charge is 0.479 e. The third-order valence-corrected chi connectivity index (χ3v) is 3.59. The average molecular weight is 341 g/mol. The number of anilines is 1. The molecule has 0 radical (unpaired) electrons. The van der Waals surface area contributed by atoms with Gasteiger partial charge in [-0.1, -0.05) is 44.2 Å². The summed E-state index contributed by atoms with van der Waals surface area (Å²) in [5, 5.41) is 2.70. The molecule has 1 atom stereocenters. The van der Waals surface area contributed by atoms with Gasteiger partial charge in [0, 0.05) is 5.69 Å². The van der Waals surface area contributed by atoms with Gasteiger partial charge in [-0.25, -0.2) is 4.79 Å². The lowest BCUT2D eigenvalue weighted by Gasteiger charge is -2.14. The van der Waals surface area contributed by atoms with Crippen LogP contribution in [0.25, 0.3) is 0 Å². The second kappa shape index (κ2) is 8.87. The van der Waals surface area contributed by atoms with Crippen LogP contribution < -0.4 is 10.1 Å². The van der Waals surface area contributed by atoms with Gasteiger partial charge in [-0.3, -0.25) is 4.79 Å². The molecule has 0 aliphatic rings. The minimum atomic E-state index is -0.791. The van der Waals surface area contributed by atoms with Crippen LogP contribution in [-0.4, -0.2) is 24.6 Å². The Morgan fingerprint density at radius 2 is 1.60 bits per heavy atom. The van der Waals surface area contributed by atoms with Crippen LogP contribution in [0.5, 0.6) is 5.75 Å². The average Bonchev–Trinajstić information content (AvgIpc) is 2.61. The van der Waals surface area contributed by atoms with Crippen molar-refractivity contribution in [1.82, 2.24) is 0 Å². The standard InChI is InChI=1S/C20H23NO4/c1-14(2)16-9-11-17(12-10-16)21-19(22)13-24-20(23)15(3)25-18-7-5-4-6-8-18/h4-12,14-15H,13H2,1-3H3,(H,21,22)/t15-/m1/s1. The Kier molecular flexibility index (Phi) is 6.57. The molecule has 0 aromatic heterocycles. The van der Waals surface area contributed by atoms with Crippen molar-refractivity contribution in [3.63, 3.8) is 0 Å². The van der Waals surface area contributed by atoms with E-state index in [0.717, 1.165) is 0 Å². The van der Waals surface area contributed by atoms with Gasteiger partial charge >= 0.3 is 5.97 Å². The van der Waals surface area contributed by atoms with Gasteiger partial charge in [0.05, 0.1) is 0 Å². The topological polar surface area (TPSA) is 64.6 Å². The molecule has 0 heterocycles. The molecule has 0 fully saturated rings. The molecule has 25 heavy (non-hydrogen) atoms. The lowest BCUT2D eigenvalue weighted by atomic mass is 10.0. The molecule has 2 aromatic carbocycles. The Bertz CT molecular complexity index is 695. The van der Waals surface area contributed by atoms with Crippen molar-refractivity contribution in [2.45, 2.75) is 32.8 Å². The van der Waals surface area contributed by atoms with Crippen molar-refractivity contribution >= 4 is 17.6 Å². The summed E-state index contributed by atoms with van der Waals surface area (Å²) in [6.07, 6.45) is -0.791. The Hall–Kier alpha value is -2.82. The molecular formula is C20H23NO4. The third kappa shape index (κ3) is 5.95. The highest BCUT2D eigenvalue weighted by molar-refractivity contribution is 5.93. The summed E-state index contributed by atoms with van der Waals surface area (Å²) in [6.45, 7) is 5.43. The fourth-order valence-electron chi connectivity index (χ4n) is 2.15. The number of benzene rings is 2. The third-order valence-electron chi connectivity index (χ3n) is 3.59. The second-order valence-electron chi connectivity index (χ2n) is 6.01. The van der Waals surface area contributed by atoms with E-state index < -0.39 is 18.0 Å². The quantitative estimate of drug-likeness (QED) is 0.779. The zero-order chi connectivity index (χ0) is 18.2. The summed E-state index contributed by atoms with van der Waals surface area (Å²) in [5.74, 6) is 0.0187. The molecule has 0 unspecified atom stereocenters. The van der Waals surface area contributed by atoms with Crippen LogP contribution in [0.3, 0.4) is 0 Å². The molecule has 1 N–H and O–H groups in total. The number of ether oxygens (including phenoxy) is 2. The van der Waals surface area contributed by atoms with E-state index in [0.29, 0.717) is 17.4 Å². The Labute approximate surface area is 148 Å². The zero-order valence-electron chi connectivity index (χ0n) is 14.7. The first-order chi connectivity index (χ1) is 12.0. The predicted molar refractivity (Wildman–Crippen MR) is 96.7 cm³/mol. The first-order valence-electron chi connectivity index (χ1n) is 8.24. The van der Waals surface area contributed by atoms with Gasteiger partial charge < -0.3 is 14.8 Å². The number of carbonyl (C=O) groups is 2. The molecule has 0 spiro atoms. The predicted octanol–water partition coefficient (Wildman–Crippen LogP) is 3.76. The normalized spacial score (nSPS) is 11.7. The van der Waals surface area contributed by atoms with Crippen molar-refractivity contribution in [2.75, 3.05) is 11.9 Å². The van der Waals surface area contributed by atoms with Crippen LogP contribution in [0.1, 0.15) is 32.3 Å². The molecule has 132 valence electrons. The van der Waals surface area contributed by atoms with Crippen LogP contribution in [0.2, 0.25) is 0 Å². The van der Waals surface area contributed by atoms with Gasteiger partial charge in [0.2, 0.25) is 0 Å². The van der Waals surface area contributed by atoms with E-state index in [2.05, 4.69) is 19.2 Å². The molecule has 1 amide bonds. The minimum absolute atomic E-state index is 0.354. The fraction of sp³-hybridized carbons (Fsp3) is 0.300. The highest BCUT2D eigenvalue weighted by atomic mass is 16.6. The molecule has 0 aliphatic carbocycles. The number of amides is 1. The molecule has 0 bridgehead atoms. The molecule has 0 saturated carbocycles. The van der Waals surface area contributed by atoms with Gasteiger partial charge in [0.1, 0.15) is 5.75 Å². The number of rotatable bonds is 7. The molecule has 5 nitrogen and oxygen atoms in total. The maximum atomic E-state index is 11.9. The summed E-state index contributed by atoms with van der Waals surface area (Å²) in [5.41, 5.74) is 1.86. The lowest BCUT2D eigenvalue weighted by Crippen LogP contribution is -2.29. The fourth-order valence-corrected chi connectivity index (χ4v) is 2.15. The van der Waals surface area contributed by atoms with E-state index >= 15 is 0 Å². The minimum Gasteiger partial charge on any atom is -0.479 e. The van der Waals surface area contributed by atoms with Gasteiger partial charge in [-0.15, -0.1) is 0 Å². The summed E-state index contributed by atoms with van der Waals surface area (Å²) in [4.78, 5) is 23.8. The number of carbonyl (C=O) groups excluding carboxylic acids is 2. The summed E-state index contributed by atoms with van der Waals surface area (Å²) in [7, 11) is 0. The van der Waals surface area contributed by atoms with E-state index in [1.54, 1.807) is 19.1 Å². The number of esters is 1. The van der Waals surface area contributed by atoms with Crippen molar-refractivity contribution in [3.05, 3.63) is 60.2 Å². The van der Waals surface area contributed by atoms with Crippen LogP contribution in [0.4, 0.5) is 5.69 Å². The number of hydrogen-bond donors (Lipinski definition) is 1. The molecule has 5 heteroatoms. The van der Waals surface area contributed by atoms with E-state index in [1.165, 1.54) is 5.56 Å². The van der Waals surface area contributed by atoms with E-state index in [9.17, 15) is 9.59 Å².